The number of pyridine rings is 1. The number of halogens is 4. The van der Waals surface area contributed by atoms with E-state index < -0.39 is 11.9 Å². The Kier molecular flexibility index (Phi) is 4.65. The average Bonchev–Trinajstić information content (AvgIpc) is 2.54. The average molecular weight is 443 g/mol. The van der Waals surface area contributed by atoms with Gasteiger partial charge in [-0.1, -0.05) is 6.07 Å². The number of alkyl halides is 3. The van der Waals surface area contributed by atoms with Crippen LogP contribution < -0.4 is 4.74 Å². The summed E-state index contributed by atoms with van der Waals surface area (Å²) in [7, 11) is 0. The highest BCUT2D eigenvalue weighted by atomic mass is 127. The van der Waals surface area contributed by atoms with Crippen molar-refractivity contribution in [3.8, 4) is 23.0 Å². The molecule has 0 spiro atoms. The second-order valence-corrected chi connectivity index (χ2v) is 5.95. The summed E-state index contributed by atoms with van der Waals surface area (Å²) in [5.74, 6) is 0.147. The van der Waals surface area contributed by atoms with Crippen LogP contribution in [0.5, 0.6) is 11.6 Å². The summed E-state index contributed by atoms with van der Waals surface area (Å²) in [5, 5.41) is 0. The van der Waals surface area contributed by atoms with Gasteiger partial charge < -0.3 is 4.74 Å². The summed E-state index contributed by atoms with van der Waals surface area (Å²) in [4.78, 5) is 11.5. The van der Waals surface area contributed by atoms with Crippen LogP contribution in [-0.4, -0.2) is 15.0 Å². The zero-order valence-electron chi connectivity index (χ0n) is 12.0. The lowest BCUT2D eigenvalue weighted by Crippen LogP contribution is -2.10. The van der Waals surface area contributed by atoms with Crippen molar-refractivity contribution in [2.24, 2.45) is 0 Å². The molecule has 2 aromatic heterocycles. The zero-order valence-corrected chi connectivity index (χ0v) is 14.1. The van der Waals surface area contributed by atoms with E-state index in [-0.39, 0.29) is 11.7 Å². The number of ether oxygens (including phenoxy) is 1. The minimum atomic E-state index is -4.60. The van der Waals surface area contributed by atoms with Gasteiger partial charge in [-0.3, -0.25) is 4.98 Å². The molecule has 122 valence electrons. The lowest BCUT2D eigenvalue weighted by Gasteiger charge is -2.11. The van der Waals surface area contributed by atoms with E-state index in [0.29, 0.717) is 11.3 Å². The van der Waals surface area contributed by atoms with Gasteiger partial charge in [-0.15, -0.1) is 0 Å². The van der Waals surface area contributed by atoms with Crippen LogP contribution in [0.3, 0.4) is 0 Å². The Labute approximate surface area is 148 Å². The lowest BCUT2D eigenvalue weighted by atomic mass is 10.2. The Balaban J connectivity index is 2.05. The van der Waals surface area contributed by atoms with Crippen molar-refractivity contribution < 1.29 is 17.9 Å². The first-order valence-corrected chi connectivity index (χ1v) is 7.80. The number of nitrogens with zero attached hydrogens (tertiary/aromatic N) is 3. The quantitative estimate of drug-likeness (QED) is 0.538. The van der Waals surface area contributed by atoms with E-state index in [2.05, 4.69) is 37.5 Å². The molecule has 0 aliphatic heterocycles. The monoisotopic (exact) mass is 443 g/mol. The molecule has 0 amide bonds. The van der Waals surface area contributed by atoms with E-state index in [9.17, 15) is 13.2 Å². The zero-order chi connectivity index (χ0) is 17.2. The predicted octanol–water partition coefficient (Wildman–Crippen LogP) is 4.95. The van der Waals surface area contributed by atoms with Crippen LogP contribution in [-0.2, 0) is 6.18 Å². The summed E-state index contributed by atoms with van der Waals surface area (Å²) < 4.78 is 45.7. The predicted molar refractivity (Wildman–Crippen MR) is 89.5 cm³/mol. The molecule has 0 saturated heterocycles. The first kappa shape index (κ1) is 16.6. The van der Waals surface area contributed by atoms with Crippen molar-refractivity contribution in [2.45, 2.75) is 6.18 Å². The third-order valence-electron chi connectivity index (χ3n) is 2.95. The van der Waals surface area contributed by atoms with Crippen LogP contribution in [0.4, 0.5) is 13.2 Å². The maximum Gasteiger partial charge on any atom is 0.433 e. The van der Waals surface area contributed by atoms with E-state index >= 15 is 0 Å². The van der Waals surface area contributed by atoms with Crippen molar-refractivity contribution in [1.82, 2.24) is 15.0 Å². The van der Waals surface area contributed by atoms with Crippen molar-refractivity contribution in [3.05, 3.63) is 64.1 Å². The SMILES string of the molecule is FC(F)(F)c1cc(Oc2cccc(I)c2)nc(-c2ccncc2)n1. The molecule has 0 unspecified atom stereocenters. The van der Waals surface area contributed by atoms with E-state index in [1.807, 2.05) is 6.07 Å². The Hall–Kier alpha value is -2.23. The molecular formula is C16H9F3IN3O. The van der Waals surface area contributed by atoms with Gasteiger partial charge in [-0.2, -0.15) is 18.2 Å². The van der Waals surface area contributed by atoms with Gasteiger partial charge in [0.25, 0.3) is 0 Å². The summed E-state index contributed by atoms with van der Waals surface area (Å²) in [6.07, 6.45) is -1.69. The van der Waals surface area contributed by atoms with E-state index in [0.717, 1.165) is 9.64 Å². The standard InChI is InChI=1S/C16H9F3IN3O/c17-16(18,19)13-9-14(24-12-3-1-2-11(20)8-12)23-15(22-13)10-4-6-21-7-5-10/h1-9H. The molecule has 0 atom stereocenters. The fourth-order valence-corrected chi connectivity index (χ4v) is 2.42. The Morgan fingerprint density at radius 2 is 1.71 bits per heavy atom. The molecule has 0 fully saturated rings. The van der Waals surface area contributed by atoms with Crippen molar-refractivity contribution in [1.29, 1.82) is 0 Å². The van der Waals surface area contributed by atoms with Gasteiger partial charge in [0.05, 0.1) is 0 Å². The normalized spacial score (nSPS) is 11.3. The van der Waals surface area contributed by atoms with Crippen LogP contribution in [0.15, 0.2) is 54.9 Å². The molecular weight excluding hydrogens is 434 g/mol. The Morgan fingerprint density at radius 3 is 2.38 bits per heavy atom. The third kappa shape index (κ3) is 3.99. The molecule has 8 heteroatoms. The van der Waals surface area contributed by atoms with Crippen LogP contribution in [0.2, 0.25) is 0 Å². The molecule has 24 heavy (non-hydrogen) atoms. The molecule has 0 N–H and O–H groups in total. The second-order valence-electron chi connectivity index (χ2n) is 4.71. The van der Waals surface area contributed by atoms with E-state index in [1.54, 1.807) is 18.2 Å². The van der Waals surface area contributed by atoms with Crippen molar-refractivity contribution in [2.75, 3.05) is 0 Å². The molecule has 3 rings (SSSR count). The highest BCUT2D eigenvalue weighted by Gasteiger charge is 2.34. The summed E-state index contributed by atoms with van der Waals surface area (Å²) in [6.45, 7) is 0. The van der Waals surface area contributed by atoms with Gasteiger partial charge >= 0.3 is 6.18 Å². The molecule has 0 aliphatic carbocycles. The number of benzene rings is 1. The lowest BCUT2D eigenvalue weighted by molar-refractivity contribution is -0.141. The number of rotatable bonds is 3. The number of hydrogen-bond donors (Lipinski definition) is 0. The third-order valence-corrected chi connectivity index (χ3v) is 3.62. The van der Waals surface area contributed by atoms with Crippen molar-refractivity contribution in [3.63, 3.8) is 0 Å². The first-order valence-electron chi connectivity index (χ1n) is 6.72. The maximum absolute atomic E-state index is 13.1. The molecule has 2 heterocycles. The topological polar surface area (TPSA) is 47.9 Å². The Bertz CT molecular complexity index is 857. The summed E-state index contributed by atoms with van der Waals surface area (Å²) >= 11 is 2.08. The van der Waals surface area contributed by atoms with Gasteiger partial charge in [-0.25, -0.2) is 4.98 Å². The number of aromatic nitrogens is 3. The fourth-order valence-electron chi connectivity index (χ4n) is 1.90. The molecule has 4 nitrogen and oxygen atoms in total. The van der Waals surface area contributed by atoms with Crippen LogP contribution in [0, 0.1) is 3.57 Å². The van der Waals surface area contributed by atoms with E-state index in [1.165, 1.54) is 24.5 Å². The van der Waals surface area contributed by atoms with Crippen LogP contribution in [0.1, 0.15) is 5.69 Å². The van der Waals surface area contributed by atoms with Crippen LogP contribution in [0.25, 0.3) is 11.4 Å². The fraction of sp³-hybridized carbons (Fsp3) is 0.0625. The molecule has 0 saturated carbocycles. The highest BCUT2D eigenvalue weighted by molar-refractivity contribution is 14.1. The highest BCUT2D eigenvalue weighted by Crippen LogP contribution is 2.32. The van der Waals surface area contributed by atoms with Gasteiger partial charge in [0.2, 0.25) is 5.88 Å². The molecule has 0 bridgehead atoms. The number of hydrogen-bond acceptors (Lipinski definition) is 4. The first-order chi connectivity index (χ1) is 11.4. The Morgan fingerprint density at radius 1 is 0.958 bits per heavy atom. The second kappa shape index (κ2) is 6.71. The smallest absolute Gasteiger partial charge is 0.433 e. The van der Waals surface area contributed by atoms with E-state index in [4.69, 9.17) is 4.74 Å². The minimum Gasteiger partial charge on any atom is -0.439 e. The van der Waals surface area contributed by atoms with Gasteiger partial charge in [0, 0.05) is 27.6 Å². The summed E-state index contributed by atoms with van der Waals surface area (Å²) in [6, 6.07) is 10.8. The van der Waals surface area contributed by atoms with Gasteiger partial charge in [0.1, 0.15) is 5.75 Å². The molecule has 3 aromatic rings. The molecule has 0 aliphatic rings. The minimum absolute atomic E-state index is 0.0761. The van der Waals surface area contributed by atoms with Crippen molar-refractivity contribution >= 4 is 22.6 Å². The molecule has 0 radical (unpaired) electrons. The van der Waals surface area contributed by atoms with Crippen LogP contribution >= 0.6 is 22.6 Å². The van der Waals surface area contributed by atoms with Gasteiger partial charge in [0.15, 0.2) is 11.5 Å². The van der Waals surface area contributed by atoms with Gasteiger partial charge in [-0.05, 0) is 52.9 Å². The largest absolute Gasteiger partial charge is 0.439 e. The summed E-state index contributed by atoms with van der Waals surface area (Å²) in [5.41, 5.74) is -0.645. The maximum atomic E-state index is 13.1. The molecule has 1 aromatic carbocycles.